The minimum atomic E-state index is -0.000698. The molecule has 2 bridgehead atoms. The topological polar surface area (TPSA) is 72.9 Å². The number of para-hydroxylation sites is 2. The van der Waals surface area contributed by atoms with Crippen LogP contribution >= 0.6 is 24.8 Å². The van der Waals surface area contributed by atoms with E-state index in [1.807, 2.05) is 24.5 Å². The summed E-state index contributed by atoms with van der Waals surface area (Å²) >= 11 is 0. The summed E-state index contributed by atoms with van der Waals surface area (Å²) in [7, 11) is 0. The van der Waals surface area contributed by atoms with E-state index in [2.05, 4.69) is 45.2 Å². The van der Waals surface area contributed by atoms with Crippen molar-refractivity contribution in [2.24, 2.45) is 23.5 Å². The molecular weight excluding hydrogens is 419 g/mol. The molecule has 2 aliphatic rings. The number of nitrogens with two attached hydrogens (primary N) is 1. The molecule has 2 aromatic carbocycles. The summed E-state index contributed by atoms with van der Waals surface area (Å²) in [6.07, 6.45) is 5.37. The number of amides is 1. The van der Waals surface area contributed by atoms with Crippen molar-refractivity contribution in [2.75, 3.05) is 0 Å². The van der Waals surface area contributed by atoms with Crippen LogP contribution < -0.4 is 11.1 Å². The number of carbonyl (C=O) groups excluding carboxylic acids is 1. The Morgan fingerprint density at radius 1 is 1.07 bits per heavy atom. The quantitative estimate of drug-likeness (QED) is 0.623. The smallest absolute Gasteiger partial charge is 0.225 e. The molecule has 30 heavy (non-hydrogen) atoms. The molecule has 3 N–H and O–H groups in total. The molecule has 2 aliphatic carbocycles. The van der Waals surface area contributed by atoms with Gasteiger partial charge in [0, 0.05) is 19.1 Å². The molecule has 4 atom stereocenters. The molecule has 160 valence electrons. The second-order valence-corrected chi connectivity index (χ2v) is 8.34. The number of benzene rings is 2. The highest BCUT2D eigenvalue weighted by Gasteiger charge is 2.48. The highest BCUT2D eigenvalue weighted by Crippen LogP contribution is 2.47. The Bertz CT molecular complexity index is 1020. The van der Waals surface area contributed by atoms with Gasteiger partial charge in [0.25, 0.3) is 0 Å². The van der Waals surface area contributed by atoms with Gasteiger partial charge in [0.15, 0.2) is 0 Å². The fourth-order valence-corrected chi connectivity index (χ4v) is 5.20. The first-order valence-corrected chi connectivity index (χ1v) is 10.2. The van der Waals surface area contributed by atoms with Crippen LogP contribution in [0.25, 0.3) is 11.0 Å². The van der Waals surface area contributed by atoms with Gasteiger partial charge in [-0.1, -0.05) is 36.4 Å². The van der Waals surface area contributed by atoms with Crippen molar-refractivity contribution < 1.29 is 4.79 Å². The lowest BCUT2D eigenvalue weighted by atomic mass is 9.84. The number of halogens is 2. The van der Waals surface area contributed by atoms with Crippen LogP contribution in [0.3, 0.4) is 0 Å². The molecule has 3 aromatic rings. The maximum absolute atomic E-state index is 12.7. The van der Waals surface area contributed by atoms with Crippen LogP contribution in [0.4, 0.5) is 0 Å². The molecule has 4 unspecified atom stereocenters. The molecule has 5 rings (SSSR count). The van der Waals surface area contributed by atoms with Gasteiger partial charge in [-0.25, -0.2) is 4.98 Å². The minimum Gasteiger partial charge on any atom is -0.352 e. The van der Waals surface area contributed by atoms with Crippen molar-refractivity contribution in [3.05, 3.63) is 66.0 Å². The van der Waals surface area contributed by atoms with E-state index >= 15 is 0 Å². The fourth-order valence-electron chi connectivity index (χ4n) is 5.20. The first-order chi connectivity index (χ1) is 13.7. The van der Waals surface area contributed by atoms with Crippen molar-refractivity contribution in [3.63, 3.8) is 0 Å². The van der Waals surface area contributed by atoms with E-state index in [1.165, 1.54) is 12.0 Å². The average molecular weight is 447 g/mol. The number of hydrogen-bond donors (Lipinski definition) is 2. The number of nitrogens with one attached hydrogen (secondary N) is 1. The lowest BCUT2D eigenvalue weighted by molar-refractivity contribution is -0.127. The molecule has 1 aromatic heterocycles. The molecule has 1 amide bonds. The number of nitrogens with zero attached hydrogens (tertiary/aromatic N) is 2. The van der Waals surface area contributed by atoms with Crippen molar-refractivity contribution in [2.45, 2.75) is 38.4 Å². The summed E-state index contributed by atoms with van der Waals surface area (Å²) in [6, 6.07) is 16.6. The summed E-state index contributed by atoms with van der Waals surface area (Å²) in [5, 5.41) is 3.13. The summed E-state index contributed by atoms with van der Waals surface area (Å²) in [4.78, 5) is 17.2. The Hall–Kier alpha value is -2.08. The van der Waals surface area contributed by atoms with Crippen molar-refractivity contribution in [1.82, 2.24) is 14.9 Å². The van der Waals surface area contributed by atoms with Crippen LogP contribution in [0.15, 0.2) is 54.9 Å². The molecule has 2 fully saturated rings. The normalized spacial score (nSPS) is 24.3. The average Bonchev–Trinajstić information content (AvgIpc) is 3.42. The van der Waals surface area contributed by atoms with Crippen LogP contribution in [-0.4, -0.2) is 21.5 Å². The molecule has 0 spiro atoms. The largest absolute Gasteiger partial charge is 0.352 e. The molecule has 0 aliphatic heterocycles. The van der Waals surface area contributed by atoms with Crippen molar-refractivity contribution >= 4 is 41.8 Å². The third-order valence-corrected chi connectivity index (χ3v) is 6.62. The van der Waals surface area contributed by atoms with E-state index in [-0.39, 0.29) is 42.7 Å². The van der Waals surface area contributed by atoms with Gasteiger partial charge in [-0.05, 0) is 54.4 Å². The highest BCUT2D eigenvalue weighted by atomic mass is 35.5. The lowest BCUT2D eigenvalue weighted by Crippen LogP contribution is -2.45. The standard InChI is InChI=1S/C23H26N4O.2ClH/c24-22-18-9-8-17(11-18)21(22)23(28)25-12-15-4-3-5-16(10-15)13-27-14-26-19-6-1-2-7-20(19)27;;/h1-7,10,14,17-18,21-22H,8-9,11-13,24H2,(H,25,28);2*1H. The molecule has 5 nitrogen and oxygen atoms in total. The summed E-state index contributed by atoms with van der Waals surface area (Å²) in [5.41, 5.74) is 10.8. The van der Waals surface area contributed by atoms with Crippen LogP contribution in [-0.2, 0) is 17.9 Å². The van der Waals surface area contributed by atoms with E-state index in [9.17, 15) is 4.79 Å². The Morgan fingerprint density at radius 2 is 1.83 bits per heavy atom. The minimum absolute atomic E-state index is 0. The number of carbonyl (C=O) groups is 1. The maximum Gasteiger partial charge on any atom is 0.225 e. The van der Waals surface area contributed by atoms with Gasteiger partial charge in [0.05, 0.1) is 23.3 Å². The van der Waals surface area contributed by atoms with Gasteiger partial charge in [-0.15, -0.1) is 24.8 Å². The third-order valence-electron chi connectivity index (χ3n) is 6.62. The van der Waals surface area contributed by atoms with Crippen molar-refractivity contribution in [1.29, 1.82) is 0 Å². The summed E-state index contributed by atoms with van der Waals surface area (Å²) < 4.78 is 2.15. The summed E-state index contributed by atoms with van der Waals surface area (Å²) in [6.45, 7) is 1.32. The zero-order chi connectivity index (χ0) is 19.1. The lowest BCUT2D eigenvalue weighted by Gasteiger charge is -2.27. The van der Waals surface area contributed by atoms with Gasteiger partial charge >= 0.3 is 0 Å². The molecule has 1 heterocycles. The predicted octanol–water partition coefficient (Wildman–Crippen LogP) is 3.92. The molecule has 0 saturated heterocycles. The van der Waals surface area contributed by atoms with Gasteiger partial charge in [0.2, 0.25) is 5.91 Å². The number of rotatable bonds is 5. The van der Waals surface area contributed by atoms with Gasteiger partial charge < -0.3 is 15.6 Å². The highest BCUT2D eigenvalue weighted by molar-refractivity contribution is 5.85. The number of hydrogen-bond acceptors (Lipinski definition) is 3. The van der Waals surface area contributed by atoms with E-state index < -0.39 is 0 Å². The second kappa shape index (κ2) is 9.38. The molecular formula is C23H28Cl2N4O. The van der Waals surface area contributed by atoms with Gasteiger partial charge in [-0.3, -0.25) is 4.79 Å². The zero-order valence-corrected chi connectivity index (χ0v) is 18.4. The summed E-state index contributed by atoms with van der Waals surface area (Å²) in [5.74, 6) is 1.17. The Kier molecular flexibility index (Phi) is 7.06. The Labute approximate surface area is 189 Å². The van der Waals surface area contributed by atoms with Gasteiger partial charge in [0.1, 0.15) is 0 Å². The number of aromatic nitrogens is 2. The van der Waals surface area contributed by atoms with Crippen molar-refractivity contribution in [3.8, 4) is 0 Å². The van der Waals surface area contributed by atoms with Crippen LogP contribution in [0.2, 0.25) is 0 Å². The number of fused-ring (bicyclic) bond motifs is 3. The first kappa shape index (κ1) is 22.6. The first-order valence-electron chi connectivity index (χ1n) is 10.2. The zero-order valence-electron chi connectivity index (χ0n) is 16.7. The molecule has 7 heteroatoms. The van der Waals surface area contributed by atoms with Crippen LogP contribution in [0.1, 0.15) is 30.4 Å². The predicted molar refractivity (Wildman–Crippen MR) is 124 cm³/mol. The Morgan fingerprint density at radius 3 is 2.63 bits per heavy atom. The van der Waals surface area contributed by atoms with E-state index in [0.717, 1.165) is 36.0 Å². The molecule has 2 saturated carbocycles. The van der Waals surface area contributed by atoms with Crippen LogP contribution in [0.5, 0.6) is 0 Å². The van der Waals surface area contributed by atoms with E-state index in [0.29, 0.717) is 18.4 Å². The maximum atomic E-state index is 12.7. The number of imidazole rings is 1. The van der Waals surface area contributed by atoms with Crippen LogP contribution in [0, 0.1) is 17.8 Å². The van der Waals surface area contributed by atoms with Gasteiger partial charge in [-0.2, -0.15) is 0 Å². The van der Waals surface area contributed by atoms with E-state index in [4.69, 9.17) is 5.73 Å². The fraction of sp³-hybridized carbons (Fsp3) is 0.391. The van der Waals surface area contributed by atoms with E-state index in [1.54, 1.807) is 0 Å². The molecule has 0 radical (unpaired) electrons. The monoisotopic (exact) mass is 446 g/mol. The second-order valence-electron chi connectivity index (χ2n) is 8.34. The Balaban J connectivity index is 0.00000128. The third kappa shape index (κ3) is 4.20. The SMILES string of the molecule is Cl.Cl.NC1C2CCC(C2)C1C(=O)NCc1cccc(Cn2cnc3ccccc32)c1.